The van der Waals surface area contributed by atoms with Gasteiger partial charge in [-0.1, -0.05) is 0 Å². The van der Waals surface area contributed by atoms with Crippen molar-refractivity contribution in [1.82, 2.24) is 10.3 Å². The molecule has 0 radical (unpaired) electrons. The normalized spacial score (nSPS) is 17.9. The molecule has 3 rings (SSSR count). The number of hydrogen-bond acceptors (Lipinski definition) is 5. The van der Waals surface area contributed by atoms with E-state index < -0.39 is 0 Å². The van der Waals surface area contributed by atoms with Crippen LogP contribution in [0.4, 0.5) is 9.52 Å². The lowest BCUT2D eigenvalue weighted by molar-refractivity contribution is -0.117. The van der Waals surface area contributed by atoms with Crippen molar-refractivity contribution in [2.45, 2.75) is 19.4 Å². The Hall–Kier alpha value is -1.83. The molecular weight excluding hydrogens is 317 g/mol. The maximum atomic E-state index is 13.0. The molecule has 1 fully saturated rings. The van der Waals surface area contributed by atoms with Crippen molar-refractivity contribution in [3.63, 3.8) is 0 Å². The minimum Gasteiger partial charge on any atom is -0.378 e. The van der Waals surface area contributed by atoms with Crippen LogP contribution < -0.4 is 10.6 Å². The highest BCUT2D eigenvalue weighted by Crippen LogP contribution is 2.30. The highest BCUT2D eigenvalue weighted by atomic mass is 32.1. The van der Waals surface area contributed by atoms with Crippen LogP contribution in [0.3, 0.4) is 0 Å². The van der Waals surface area contributed by atoms with Gasteiger partial charge >= 0.3 is 0 Å². The molecular formula is C16H18FN3O2S. The number of morpholine rings is 1. The molecule has 2 aromatic rings. The lowest BCUT2D eigenvalue weighted by Gasteiger charge is -2.22. The number of halogens is 1. The number of hydrogen-bond donors (Lipinski definition) is 2. The van der Waals surface area contributed by atoms with Gasteiger partial charge in [0.25, 0.3) is 0 Å². The van der Waals surface area contributed by atoms with Gasteiger partial charge < -0.3 is 15.4 Å². The van der Waals surface area contributed by atoms with Gasteiger partial charge in [-0.2, -0.15) is 0 Å². The molecule has 1 atom stereocenters. The van der Waals surface area contributed by atoms with Crippen molar-refractivity contribution in [2.24, 2.45) is 0 Å². The monoisotopic (exact) mass is 335 g/mol. The van der Waals surface area contributed by atoms with Gasteiger partial charge in [-0.3, -0.25) is 4.79 Å². The maximum Gasteiger partial charge on any atom is 0.227 e. The number of benzene rings is 1. The van der Waals surface area contributed by atoms with Crippen molar-refractivity contribution >= 4 is 22.4 Å². The van der Waals surface area contributed by atoms with Gasteiger partial charge in [0, 0.05) is 29.4 Å². The van der Waals surface area contributed by atoms with Gasteiger partial charge in [-0.15, -0.1) is 11.3 Å². The summed E-state index contributed by atoms with van der Waals surface area (Å²) in [5, 5.41) is 6.63. The number of anilines is 1. The number of rotatable bonds is 4. The van der Waals surface area contributed by atoms with Crippen molar-refractivity contribution in [1.29, 1.82) is 0 Å². The molecule has 1 aromatic carbocycles. The summed E-state index contributed by atoms with van der Waals surface area (Å²) in [6.45, 7) is 3.93. The molecule has 0 saturated carbocycles. The third kappa shape index (κ3) is 4.13. The second-order valence-electron chi connectivity index (χ2n) is 5.41. The van der Waals surface area contributed by atoms with Crippen molar-refractivity contribution in [3.8, 4) is 11.3 Å². The van der Waals surface area contributed by atoms with E-state index in [4.69, 9.17) is 4.74 Å². The zero-order chi connectivity index (χ0) is 16.2. The molecule has 0 bridgehead atoms. The summed E-state index contributed by atoms with van der Waals surface area (Å²) in [5.74, 6) is -0.371. The molecule has 23 heavy (non-hydrogen) atoms. The van der Waals surface area contributed by atoms with Crippen LogP contribution in [0.2, 0.25) is 0 Å². The molecule has 1 aliphatic rings. The summed E-state index contributed by atoms with van der Waals surface area (Å²) < 4.78 is 18.3. The Morgan fingerprint density at radius 3 is 2.96 bits per heavy atom. The number of aromatic nitrogens is 1. The van der Waals surface area contributed by atoms with Crippen LogP contribution in [0.1, 0.15) is 11.3 Å². The fourth-order valence-corrected chi connectivity index (χ4v) is 3.32. The van der Waals surface area contributed by atoms with Gasteiger partial charge in [0.15, 0.2) is 5.13 Å². The molecule has 1 saturated heterocycles. The second kappa shape index (κ2) is 7.16. The number of amides is 1. The van der Waals surface area contributed by atoms with Crippen LogP contribution in [0, 0.1) is 12.7 Å². The standard InChI is InChI=1S/C16H18FN3O2S/c1-10-15(11-2-4-12(17)5-3-11)20-16(23-10)19-14(21)8-13-9-22-7-6-18-13/h2-5,13,18H,6-9H2,1H3,(H,19,20,21). The summed E-state index contributed by atoms with van der Waals surface area (Å²) >= 11 is 1.42. The predicted octanol–water partition coefficient (Wildman–Crippen LogP) is 2.57. The first-order valence-corrected chi connectivity index (χ1v) is 8.28. The lowest BCUT2D eigenvalue weighted by atomic mass is 10.1. The molecule has 0 aliphatic carbocycles. The van der Waals surface area contributed by atoms with E-state index in [0.717, 1.165) is 22.7 Å². The van der Waals surface area contributed by atoms with E-state index >= 15 is 0 Å². The molecule has 1 aliphatic heterocycles. The number of thiazole rings is 1. The average Bonchev–Trinajstić information content (AvgIpc) is 2.89. The number of carbonyl (C=O) groups is 1. The van der Waals surface area contributed by atoms with Crippen LogP contribution in [-0.4, -0.2) is 36.7 Å². The zero-order valence-electron chi connectivity index (χ0n) is 12.8. The number of carbonyl (C=O) groups excluding carboxylic acids is 1. The molecule has 1 aromatic heterocycles. The Bertz CT molecular complexity index is 681. The summed E-state index contributed by atoms with van der Waals surface area (Å²) in [6.07, 6.45) is 0.352. The fourth-order valence-electron chi connectivity index (χ4n) is 2.47. The number of nitrogens with zero attached hydrogens (tertiary/aromatic N) is 1. The molecule has 7 heteroatoms. The molecule has 1 unspecified atom stereocenters. The van der Waals surface area contributed by atoms with Crippen molar-refractivity contribution < 1.29 is 13.9 Å². The predicted molar refractivity (Wildman–Crippen MR) is 88.1 cm³/mol. The van der Waals surface area contributed by atoms with Crippen molar-refractivity contribution in [2.75, 3.05) is 25.1 Å². The Morgan fingerprint density at radius 2 is 2.26 bits per heavy atom. The first kappa shape index (κ1) is 16.0. The lowest BCUT2D eigenvalue weighted by Crippen LogP contribution is -2.43. The highest BCUT2D eigenvalue weighted by molar-refractivity contribution is 7.16. The minimum absolute atomic E-state index is 0.0429. The summed E-state index contributed by atoms with van der Waals surface area (Å²) in [6, 6.07) is 6.22. The van der Waals surface area contributed by atoms with E-state index in [-0.39, 0.29) is 17.8 Å². The van der Waals surface area contributed by atoms with E-state index in [1.165, 1.54) is 23.5 Å². The highest BCUT2D eigenvalue weighted by Gasteiger charge is 2.18. The van der Waals surface area contributed by atoms with Gasteiger partial charge in [-0.25, -0.2) is 9.37 Å². The maximum absolute atomic E-state index is 13.0. The molecule has 1 amide bonds. The Balaban J connectivity index is 1.65. The van der Waals surface area contributed by atoms with Crippen LogP contribution in [0.25, 0.3) is 11.3 Å². The fraction of sp³-hybridized carbons (Fsp3) is 0.375. The molecule has 2 heterocycles. The number of ether oxygens (including phenoxy) is 1. The van der Waals surface area contributed by atoms with Gasteiger partial charge in [0.2, 0.25) is 5.91 Å². The van der Waals surface area contributed by atoms with Crippen LogP contribution in [0.15, 0.2) is 24.3 Å². The average molecular weight is 335 g/mol. The Morgan fingerprint density at radius 1 is 1.48 bits per heavy atom. The number of nitrogens with one attached hydrogen (secondary N) is 2. The van der Waals surface area contributed by atoms with E-state index in [9.17, 15) is 9.18 Å². The second-order valence-corrected chi connectivity index (χ2v) is 6.61. The van der Waals surface area contributed by atoms with Gasteiger partial charge in [0.05, 0.1) is 18.9 Å². The van der Waals surface area contributed by atoms with Crippen LogP contribution in [0.5, 0.6) is 0 Å². The largest absolute Gasteiger partial charge is 0.378 e. The SMILES string of the molecule is Cc1sc(NC(=O)CC2COCCN2)nc1-c1ccc(F)cc1. The van der Waals surface area contributed by atoms with Gasteiger partial charge in [-0.05, 0) is 31.2 Å². The smallest absolute Gasteiger partial charge is 0.227 e. The molecule has 5 nitrogen and oxygen atoms in total. The van der Waals surface area contributed by atoms with E-state index in [1.807, 2.05) is 6.92 Å². The first-order chi connectivity index (χ1) is 11.1. The molecule has 0 spiro atoms. The Labute approximate surface area is 137 Å². The topological polar surface area (TPSA) is 63.2 Å². The minimum atomic E-state index is -0.280. The third-order valence-electron chi connectivity index (χ3n) is 3.59. The number of aryl methyl sites for hydroxylation is 1. The quantitative estimate of drug-likeness (QED) is 0.901. The first-order valence-electron chi connectivity index (χ1n) is 7.46. The molecule has 2 N–H and O–H groups in total. The van der Waals surface area contributed by atoms with Crippen LogP contribution in [-0.2, 0) is 9.53 Å². The van der Waals surface area contributed by atoms with E-state index in [0.29, 0.717) is 24.8 Å². The third-order valence-corrected chi connectivity index (χ3v) is 4.48. The summed E-state index contributed by atoms with van der Waals surface area (Å²) in [7, 11) is 0. The summed E-state index contributed by atoms with van der Waals surface area (Å²) in [5.41, 5.74) is 1.60. The zero-order valence-corrected chi connectivity index (χ0v) is 13.6. The van der Waals surface area contributed by atoms with E-state index in [2.05, 4.69) is 15.6 Å². The van der Waals surface area contributed by atoms with Crippen molar-refractivity contribution in [3.05, 3.63) is 35.0 Å². The van der Waals surface area contributed by atoms with Crippen LogP contribution >= 0.6 is 11.3 Å². The van der Waals surface area contributed by atoms with Gasteiger partial charge in [0.1, 0.15) is 5.82 Å². The Kier molecular flexibility index (Phi) is 5.00. The molecule has 122 valence electrons. The summed E-state index contributed by atoms with van der Waals surface area (Å²) in [4.78, 5) is 17.5. The van der Waals surface area contributed by atoms with E-state index in [1.54, 1.807) is 12.1 Å².